The van der Waals surface area contributed by atoms with Gasteiger partial charge in [-0.15, -0.1) is 0 Å². The SMILES string of the molecule is O=C(CNc1ccc(I)cc1)N/N=C\c1cc(Br)c(OCc2cccc3ccccc23)c(Br)c1. The van der Waals surface area contributed by atoms with Crippen molar-refractivity contribution in [2.24, 2.45) is 5.10 Å². The van der Waals surface area contributed by atoms with Gasteiger partial charge in [-0.05, 0) is 113 Å². The van der Waals surface area contributed by atoms with Crippen LogP contribution in [-0.4, -0.2) is 18.7 Å². The van der Waals surface area contributed by atoms with Gasteiger partial charge in [-0.1, -0.05) is 42.5 Å². The summed E-state index contributed by atoms with van der Waals surface area (Å²) < 4.78 is 8.84. The van der Waals surface area contributed by atoms with Gasteiger partial charge in [0.15, 0.2) is 0 Å². The number of nitrogens with zero attached hydrogens (tertiary/aromatic N) is 1. The standard InChI is InChI=1S/C26H20Br2IN3O2/c27-23-12-17(14-31-32-25(33)15-30-21-10-8-20(29)9-11-21)13-24(28)26(23)34-16-19-6-3-5-18-4-1-2-7-22(18)19/h1-14,30H,15-16H2,(H,32,33)/b31-14-. The molecule has 4 aromatic carbocycles. The van der Waals surface area contributed by atoms with Crippen LogP contribution in [0.3, 0.4) is 0 Å². The van der Waals surface area contributed by atoms with Crippen molar-refractivity contribution in [1.82, 2.24) is 5.43 Å². The first-order valence-electron chi connectivity index (χ1n) is 10.4. The highest BCUT2D eigenvalue weighted by atomic mass is 127. The van der Waals surface area contributed by atoms with E-state index in [0.29, 0.717) is 12.4 Å². The van der Waals surface area contributed by atoms with Crippen molar-refractivity contribution >= 4 is 83.0 Å². The average molecular weight is 693 g/mol. The molecule has 4 aromatic rings. The Morgan fingerprint density at radius 1 is 0.971 bits per heavy atom. The Labute approximate surface area is 228 Å². The summed E-state index contributed by atoms with van der Waals surface area (Å²) in [5, 5.41) is 9.48. The summed E-state index contributed by atoms with van der Waals surface area (Å²) in [5.74, 6) is 0.471. The number of hydrogen-bond donors (Lipinski definition) is 2. The van der Waals surface area contributed by atoms with Crippen molar-refractivity contribution in [2.75, 3.05) is 11.9 Å². The smallest absolute Gasteiger partial charge is 0.259 e. The van der Waals surface area contributed by atoms with E-state index in [0.717, 1.165) is 29.3 Å². The van der Waals surface area contributed by atoms with Crippen LogP contribution >= 0.6 is 54.5 Å². The Balaban J connectivity index is 1.34. The summed E-state index contributed by atoms with van der Waals surface area (Å²) in [4.78, 5) is 12.0. The molecule has 0 saturated carbocycles. The van der Waals surface area contributed by atoms with E-state index in [1.54, 1.807) is 6.21 Å². The number of hydrazone groups is 1. The lowest BCUT2D eigenvalue weighted by Crippen LogP contribution is -2.25. The Morgan fingerprint density at radius 3 is 2.44 bits per heavy atom. The molecule has 172 valence electrons. The maximum Gasteiger partial charge on any atom is 0.259 e. The molecule has 0 atom stereocenters. The normalized spacial score (nSPS) is 11.0. The molecule has 0 fully saturated rings. The molecule has 2 N–H and O–H groups in total. The number of halogens is 3. The monoisotopic (exact) mass is 691 g/mol. The number of amides is 1. The number of carbonyl (C=O) groups excluding carboxylic acids is 1. The van der Waals surface area contributed by atoms with Gasteiger partial charge >= 0.3 is 0 Å². The molecule has 0 bridgehead atoms. The lowest BCUT2D eigenvalue weighted by Gasteiger charge is -2.13. The Bertz CT molecular complexity index is 1320. The van der Waals surface area contributed by atoms with Gasteiger partial charge in [-0.3, -0.25) is 4.79 Å². The van der Waals surface area contributed by atoms with Crippen molar-refractivity contribution in [3.8, 4) is 5.75 Å². The van der Waals surface area contributed by atoms with E-state index in [1.807, 2.05) is 54.6 Å². The highest BCUT2D eigenvalue weighted by Crippen LogP contribution is 2.35. The van der Waals surface area contributed by atoms with Crippen LogP contribution in [-0.2, 0) is 11.4 Å². The van der Waals surface area contributed by atoms with E-state index >= 15 is 0 Å². The first kappa shape index (κ1) is 24.7. The fourth-order valence-corrected chi connectivity index (χ4v) is 5.14. The first-order chi connectivity index (χ1) is 16.5. The maximum atomic E-state index is 12.0. The highest BCUT2D eigenvalue weighted by molar-refractivity contribution is 14.1. The topological polar surface area (TPSA) is 62.7 Å². The van der Waals surface area contributed by atoms with E-state index in [1.165, 1.54) is 10.8 Å². The van der Waals surface area contributed by atoms with Crippen LogP contribution in [0, 0.1) is 3.57 Å². The summed E-state index contributed by atoms with van der Waals surface area (Å²) in [6.07, 6.45) is 1.59. The predicted octanol–water partition coefficient (Wildman–Crippen LogP) is 7.11. The molecule has 34 heavy (non-hydrogen) atoms. The summed E-state index contributed by atoms with van der Waals surface area (Å²) >= 11 is 9.40. The molecule has 0 spiro atoms. The third-order valence-electron chi connectivity index (χ3n) is 4.97. The number of anilines is 1. The van der Waals surface area contributed by atoms with Crippen molar-refractivity contribution < 1.29 is 9.53 Å². The molecule has 0 aromatic heterocycles. The van der Waals surface area contributed by atoms with Crippen molar-refractivity contribution in [1.29, 1.82) is 0 Å². The van der Waals surface area contributed by atoms with Crippen LogP contribution in [0.2, 0.25) is 0 Å². The summed E-state index contributed by atoms with van der Waals surface area (Å²) in [6.45, 7) is 0.571. The molecule has 0 aliphatic rings. The van der Waals surface area contributed by atoms with Gasteiger partial charge in [0.05, 0.1) is 21.7 Å². The zero-order valence-corrected chi connectivity index (χ0v) is 23.2. The highest BCUT2D eigenvalue weighted by Gasteiger charge is 2.10. The molecular weight excluding hydrogens is 673 g/mol. The second-order valence-electron chi connectivity index (χ2n) is 7.39. The maximum absolute atomic E-state index is 12.0. The van der Waals surface area contributed by atoms with Gasteiger partial charge in [0, 0.05) is 9.26 Å². The molecule has 8 heteroatoms. The molecule has 0 aliphatic heterocycles. The number of nitrogens with one attached hydrogen (secondary N) is 2. The Hall–Kier alpha value is -2.43. The minimum absolute atomic E-state index is 0.131. The molecule has 4 rings (SSSR count). The number of rotatable bonds is 8. The van der Waals surface area contributed by atoms with Crippen LogP contribution in [0.5, 0.6) is 5.75 Å². The van der Waals surface area contributed by atoms with Gasteiger partial charge in [0.25, 0.3) is 5.91 Å². The van der Waals surface area contributed by atoms with Crippen LogP contribution in [0.15, 0.2) is 92.9 Å². The predicted molar refractivity (Wildman–Crippen MR) is 154 cm³/mol. The number of benzene rings is 4. The zero-order valence-electron chi connectivity index (χ0n) is 17.9. The lowest BCUT2D eigenvalue weighted by molar-refractivity contribution is -0.119. The van der Waals surface area contributed by atoms with Gasteiger partial charge in [0.1, 0.15) is 12.4 Å². The summed E-state index contributed by atoms with van der Waals surface area (Å²) in [6, 6.07) is 26.0. The molecule has 0 unspecified atom stereocenters. The van der Waals surface area contributed by atoms with Gasteiger partial charge < -0.3 is 10.1 Å². The Morgan fingerprint density at radius 2 is 1.68 bits per heavy atom. The van der Waals surface area contributed by atoms with Crippen LogP contribution in [0.4, 0.5) is 5.69 Å². The lowest BCUT2D eigenvalue weighted by atomic mass is 10.1. The minimum atomic E-state index is -0.233. The molecule has 0 radical (unpaired) electrons. The molecule has 1 amide bonds. The fraction of sp³-hybridized carbons (Fsp3) is 0.0769. The zero-order chi connectivity index (χ0) is 23.9. The van der Waals surface area contributed by atoms with E-state index in [2.05, 4.69) is 94.6 Å². The molecule has 5 nitrogen and oxygen atoms in total. The van der Waals surface area contributed by atoms with Crippen molar-refractivity contribution in [3.05, 3.63) is 103 Å². The number of hydrogen-bond acceptors (Lipinski definition) is 4. The van der Waals surface area contributed by atoms with Crippen molar-refractivity contribution in [3.63, 3.8) is 0 Å². The molecule has 0 saturated heterocycles. The van der Waals surface area contributed by atoms with Crippen LogP contribution in [0.25, 0.3) is 10.8 Å². The molecule has 0 aliphatic carbocycles. The van der Waals surface area contributed by atoms with Gasteiger partial charge in [-0.2, -0.15) is 5.10 Å². The quantitative estimate of drug-likeness (QED) is 0.118. The molecule has 0 heterocycles. The van der Waals surface area contributed by atoms with E-state index in [4.69, 9.17) is 4.74 Å². The minimum Gasteiger partial charge on any atom is -0.487 e. The number of carbonyl (C=O) groups is 1. The second-order valence-corrected chi connectivity index (χ2v) is 10.3. The van der Waals surface area contributed by atoms with Gasteiger partial charge in [0.2, 0.25) is 0 Å². The second kappa shape index (κ2) is 11.8. The largest absolute Gasteiger partial charge is 0.487 e. The van der Waals surface area contributed by atoms with Crippen LogP contribution < -0.4 is 15.5 Å². The first-order valence-corrected chi connectivity index (χ1v) is 13.1. The van der Waals surface area contributed by atoms with E-state index in [9.17, 15) is 4.79 Å². The van der Waals surface area contributed by atoms with E-state index in [-0.39, 0.29) is 12.5 Å². The fourth-order valence-electron chi connectivity index (χ4n) is 3.33. The summed E-state index contributed by atoms with van der Waals surface area (Å²) in [7, 11) is 0. The third-order valence-corrected chi connectivity index (χ3v) is 6.87. The Kier molecular flexibility index (Phi) is 8.58. The average Bonchev–Trinajstić information content (AvgIpc) is 2.83. The summed E-state index contributed by atoms with van der Waals surface area (Å²) in [5.41, 5.74) is 5.34. The number of ether oxygens (including phenoxy) is 1. The van der Waals surface area contributed by atoms with Gasteiger partial charge in [-0.25, -0.2) is 5.43 Å². The third kappa shape index (κ3) is 6.58. The van der Waals surface area contributed by atoms with E-state index < -0.39 is 0 Å². The molecular formula is C26H20Br2IN3O2. The number of fused-ring (bicyclic) bond motifs is 1. The van der Waals surface area contributed by atoms with Crippen molar-refractivity contribution in [2.45, 2.75) is 6.61 Å². The van der Waals surface area contributed by atoms with Crippen LogP contribution in [0.1, 0.15) is 11.1 Å².